The van der Waals surface area contributed by atoms with Crippen LogP contribution in [0.1, 0.15) is 28.3 Å². The number of nitrogens with zero attached hydrogens (tertiary/aromatic N) is 1. The minimum absolute atomic E-state index is 0.0225. The van der Waals surface area contributed by atoms with E-state index >= 15 is 0 Å². The van der Waals surface area contributed by atoms with Crippen LogP contribution in [0.25, 0.3) is 0 Å². The van der Waals surface area contributed by atoms with Gasteiger partial charge < -0.3 is 15.7 Å². The molecule has 1 heterocycles. The molecule has 1 fully saturated rings. The second-order valence-electron chi connectivity index (χ2n) is 8.30. The Bertz CT molecular complexity index is 1260. The van der Waals surface area contributed by atoms with E-state index in [1.54, 1.807) is 13.0 Å². The maximum Gasteiger partial charge on any atom is 0.325 e. The molecule has 4 amide bonds. The predicted octanol–water partition coefficient (Wildman–Crippen LogP) is 3.99. The third-order valence-corrected chi connectivity index (χ3v) is 5.87. The van der Waals surface area contributed by atoms with Crippen LogP contribution in [-0.2, 0) is 16.0 Å². The summed E-state index contributed by atoms with van der Waals surface area (Å²) < 4.78 is 14.4. The highest BCUT2D eigenvalue weighted by Crippen LogP contribution is 2.27. The van der Waals surface area contributed by atoms with E-state index in [4.69, 9.17) is 0 Å². The number of rotatable bonds is 6. The van der Waals surface area contributed by atoms with Gasteiger partial charge >= 0.3 is 6.03 Å². The molecule has 1 aliphatic rings. The molecule has 1 saturated heterocycles. The first-order valence-corrected chi connectivity index (χ1v) is 10.8. The van der Waals surface area contributed by atoms with Crippen molar-refractivity contribution < 1.29 is 23.9 Å². The molecule has 34 heavy (non-hydrogen) atoms. The van der Waals surface area contributed by atoms with Gasteiger partial charge in [-0.25, -0.2) is 14.1 Å². The van der Waals surface area contributed by atoms with Crippen LogP contribution in [0.15, 0.2) is 66.7 Å². The second kappa shape index (κ2) is 9.35. The number of carbonyl (C=O) groups excluding carboxylic acids is 3. The standard InChI is InChI=1S/C26H24FN3O4/c1-15-7-12-21(20(27)13-15)28-24(32)22(14-18-6-4-3-5-16(18)2)30-25(33)23(29-26(30)34)17-8-10-19(31)11-9-17/h3-13,22-23,31H,14H2,1-2H3,(H,28,32)(H,29,34)/t22?,23-/m1/s1. The molecule has 7 nitrogen and oxygen atoms in total. The highest BCUT2D eigenvalue weighted by Gasteiger charge is 2.45. The zero-order valence-electron chi connectivity index (χ0n) is 18.7. The normalized spacial score (nSPS) is 16.3. The molecular formula is C26H24FN3O4. The molecule has 0 aromatic heterocycles. The van der Waals surface area contributed by atoms with Gasteiger partial charge in [-0.2, -0.15) is 0 Å². The average Bonchev–Trinajstić information content (AvgIpc) is 3.09. The van der Waals surface area contributed by atoms with Crippen molar-refractivity contribution in [1.29, 1.82) is 0 Å². The lowest BCUT2D eigenvalue weighted by Crippen LogP contribution is -2.49. The van der Waals surface area contributed by atoms with Gasteiger partial charge in [-0.15, -0.1) is 0 Å². The maximum atomic E-state index is 14.4. The van der Waals surface area contributed by atoms with Crippen LogP contribution in [0, 0.1) is 19.7 Å². The summed E-state index contributed by atoms with van der Waals surface area (Å²) in [6.45, 7) is 3.60. The van der Waals surface area contributed by atoms with E-state index < -0.39 is 35.7 Å². The zero-order chi connectivity index (χ0) is 24.4. The number of anilines is 1. The largest absolute Gasteiger partial charge is 0.508 e. The van der Waals surface area contributed by atoms with Gasteiger partial charge in [0.05, 0.1) is 5.69 Å². The SMILES string of the molecule is Cc1ccc(NC(=O)C(Cc2ccccc2C)N2C(=O)N[C@H](c3ccc(O)cc3)C2=O)c(F)c1. The van der Waals surface area contributed by atoms with Gasteiger partial charge in [-0.05, 0) is 60.4 Å². The lowest BCUT2D eigenvalue weighted by Gasteiger charge is -2.25. The minimum Gasteiger partial charge on any atom is -0.508 e. The topological polar surface area (TPSA) is 98.7 Å². The Morgan fingerprint density at radius 1 is 1.09 bits per heavy atom. The van der Waals surface area contributed by atoms with E-state index in [0.29, 0.717) is 11.1 Å². The Morgan fingerprint density at radius 3 is 2.47 bits per heavy atom. The van der Waals surface area contributed by atoms with E-state index in [2.05, 4.69) is 10.6 Å². The Hall–Kier alpha value is -4.20. The number of halogens is 1. The Kier molecular flexibility index (Phi) is 6.32. The monoisotopic (exact) mass is 461 g/mol. The lowest BCUT2D eigenvalue weighted by molar-refractivity contribution is -0.134. The van der Waals surface area contributed by atoms with Crippen molar-refractivity contribution in [3.63, 3.8) is 0 Å². The van der Waals surface area contributed by atoms with Crippen LogP contribution >= 0.6 is 0 Å². The van der Waals surface area contributed by atoms with Crippen LogP contribution in [0.4, 0.5) is 14.9 Å². The number of imide groups is 1. The number of phenols is 1. The zero-order valence-corrected chi connectivity index (χ0v) is 18.7. The number of phenolic OH excluding ortho intramolecular Hbond substituents is 1. The summed E-state index contributed by atoms with van der Waals surface area (Å²) in [6, 6.07) is 14.7. The molecule has 3 aromatic carbocycles. The van der Waals surface area contributed by atoms with Gasteiger partial charge in [0.2, 0.25) is 5.91 Å². The highest BCUT2D eigenvalue weighted by molar-refractivity contribution is 6.09. The van der Waals surface area contributed by atoms with Gasteiger partial charge in [-0.3, -0.25) is 9.59 Å². The van der Waals surface area contributed by atoms with E-state index in [-0.39, 0.29) is 17.9 Å². The molecule has 0 saturated carbocycles. The Balaban J connectivity index is 1.67. The number of hydrogen-bond donors (Lipinski definition) is 3. The van der Waals surface area contributed by atoms with Crippen molar-refractivity contribution in [2.24, 2.45) is 0 Å². The molecular weight excluding hydrogens is 437 g/mol. The fourth-order valence-corrected chi connectivity index (χ4v) is 3.97. The fourth-order valence-electron chi connectivity index (χ4n) is 3.97. The first-order valence-electron chi connectivity index (χ1n) is 10.8. The third kappa shape index (κ3) is 4.61. The molecule has 8 heteroatoms. The Labute approximate surface area is 196 Å². The van der Waals surface area contributed by atoms with Gasteiger partial charge in [0.15, 0.2) is 0 Å². The van der Waals surface area contributed by atoms with Crippen molar-refractivity contribution in [2.75, 3.05) is 5.32 Å². The molecule has 0 bridgehead atoms. The van der Waals surface area contributed by atoms with E-state index in [0.717, 1.165) is 16.0 Å². The van der Waals surface area contributed by atoms with Crippen LogP contribution in [0.5, 0.6) is 5.75 Å². The van der Waals surface area contributed by atoms with Gasteiger partial charge in [0.1, 0.15) is 23.7 Å². The van der Waals surface area contributed by atoms with Crippen molar-refractivity contribution >= 4 is 23.5 Å². The molecule has 0 radical (unpaired) electrons. The average molecular weight is 461 g/mol. The first-order chi connectivity index (χ1) is 16.2. The number of hydrogen-bond acceptors (Lipinski definition) is 4. The molecule has 3 N–H and O–H groups in total. The van der Waals surface area contributed by atoms with Crippen molar-refractivity contribution in [3.8, 4) is 5.75 Å². The lowest BCUT2D eigenvalue weighted by atomic mass is 9.99. The smallest absolute Gasteiger partial charge is 0.325 e. The van der Waals surface area contributed by atoms with Crippen LogP contribution in [-0.4, -0.2) is 33.9 Å². The van der Waals surface area contributed by atoms with E-state index in [9.17, 15) is 23.9 Å². The number of amides is 4. The van der Waals surface area contributed by atoms with Gasteiger partial charge in [0.25, 0.3) is 5.91 Å². The summed E-state index contributed by atoms with van der Waals surface area (Å²) in [5, 5.41) is 14.7. The summed E-state index contributed by atoms with van der Waals surface area (Å²) in [6.07, 6.45) is 0.0629. The van der Waals surface area contributed by atoms with Gasteiger partial charge in [0, 0.05) is 6.42 Å². The van der Waals surface area contributed by atoms with E-state index in [1.807, 2.05) is 31.2 Å². The molecule has 1 aliphatic heterocycles. The van der Waals surface area contributed by atoms with E-state index in [1.165, 1.54) is 36.4 Å². The van der Waals surface area contributed by atoms with Crippen LogP contribution < -0.4 is 10.6 Å². The number of aromatic hydroxyl groups is 1. The number of carbonyl (C=O) groups is 3. The van der Waals surface area contributed by atoms with Crippen molar-refractivity contribution in [3.05, 3.63) is 94.8 Å². The number of nitrogens with one attached hydrogen (secondary N) is 2. The van der Waals surface area contributed by atoms with Crippen molar-refractivity contribution in [2.45, 2.75) is 32.4 Å². The van der Waals surface area contributed by atoms with Crippen LogP contribution in [0.2, 0.25) is 0 Å². The molecule has 174 valence electrons. The van der Waals surface area contributed by atoms with Gasteiger partial charge in [-0.1, -0.05) is 42.5 Å². The highest BCUT2D eigenvalue weighted by atomic mass is 19.1. The molecule has 0 aliphatic carbocycles. The summed E-state index contributed by atoms with van der Waals surface area (Å²) in [5.74, 6) is -1.87. The maximum absolute atomic E-state index is 14.4. The summed E-state index contributed by atoms with van der Waals surface area (Å²) in [5.41, 5.74) is 2.80. The first kappa shape index (κ1) is 23.0. The molecule has 3 aromatic rings. The summed E-state index contributed by atoms with van der Waals surface area (Å²) >= 11 is 0. The second-order valence-corrected chi connectivity index (χ2v) is 8.30. The van der Waals surface area contributed by atoms with Crippen LogP contribution in [0.3, 0.4) is 0 Å². The predicted molar refractivity (Wildman–Crippen MR) is 125 cm³/mol. The third-order valence-electron chi connectivity index (χ3n) is 5.87. The number of aryl methyl sites for hydroxylation is 2. The number of urea groups is 1. The fraction of sp³-hybridized carbons (Fsp3) is 0.192. The molecule has 1 unspecified atom stereocenters. The van der Waals surface area contributed by atoms with Crippen molar-refractivity contribution in [1.82, 2.24) is 10.2 Å². The molecule has 2 atom stereocenters. The molecule has 0 spiro atoms. The summed E-state index contributed by atoms with van der Waals surface area (Å²) in [4.78, 5) is 40.5. The minimum atomic E-state index is -1.21. The Morgan fingerprint density at radius 2 is 1.79 bits per heavy atom. The number of benzene rings is 3. The summed E-state index contributed by atoms with van der Waals surface area (Å²) in [7, 11) is 0. The quantitative estimate of drug-likeness (QED) is 0.484. The molecule has 4 rings (SSSR count).